The minimum atomic E-state index is 0.414. The van der Waals surface area contributed by atoms with Gasteiger partial charge in [0.15, 0.2) is 16.7 Å². The van der Waals surface area contributed by atoms with Crippen molar-refractivity contribution in [2.45, 2.75) is 20.5 Å². The lowest BCUT2D eigenvalue weighted by Crippen LogP contribution is -2.04. The molecule has 0 bridgehead atoms. The van der Waals surface area contributed by atoms with Crippen molar-refractivity contribution in [2.75, 3.05) is 13.4 Å². The highest BCUT2D eigenvalue weighted by Crippen LogP contribution is 2.28. The summed E-state index contributed by atoms with van der Waals surface area (Å²) in [6.45, 7) is 4.64. The first kappa shape index (κ1) is 18.9. The highest BCUT2D eigenvalue weighted by atomic mass is 32.2. The highest BCUT2D eigenvalue weighted by Gasteiger charge is 2.07. The van der Waals surface area contributed by atoms with Gasteiger partial charge in [-0.1, -0.05) is 35.5 Å². The summed E-state index contributed by atoms with van der Waals surface area (Å²) in [5, 5.41) is 8.23. The number of amidine groups is 1. The number of rotatable bonds is 6. The van der Waals surface area contributed by atoms with E-state index in [0.717, 1.165) is 11.1 Å². The second-order valence-electron chi connectivity index (χ2n) is 5.52. The molecule has 0 saturated carbocycles. The molecule has 0 aliphatic heterocycles. The molecule has 25 heavy (non-hydrogen) atoms. The average molecular weight is 357 g/mol. The van der Waals surface area contributed by atoms with Crippen LogP contribution in [0, 0.1) is 13.8 Å². The summed E-state index contributed by atoms with van der Waals surface area (Å²) in [4.78, 5) is 0. The molecule has 0 atom stereocenters. The summed E-state index contributed by atoms with van der Waals surface area (Å²) in [7, 11) is 1.62. The van der Waals surface area contributed by atoms with Crippen molar-refractivity contribution in [2.24, 2.45) is 15.9 Å². The molecule has 0 radical (unpaired) electrons. The van der Waals surface area contributed by atoms with Crippen LogP contribution in [0.3, 0.4) is 0 Å². The number of hydrogen-bond acceptors (Lipinski definition) is 5. The molecule has 0 fully saturated rings. The number of aryl methyl sites for hydroxylation is 2. The molecule has 2 aromatic carbocycles. The zero-order chi connectivity index (χ0) is 18.2. The minimum Gasteiger partial charge on any atom is -0.493 e. The molecule has 2 aromatic rings. The Morgan fingerprint density at radius 1 is 1.16 bits per heavy atom. The normalized spacial score (nSPS) is 11.8. The van der Waals surface area contributed by atoms with Crippen LogP contribution in [0.2, 0.25) is 0 Å². The van der Waals surface area contributed by atoms with E-state index in [4.69, 9.17) is 15.2 Å². The third kappa shape index (κ3) is 5.53. The van der Waals surface area contributed by atoms with Gasteiger partial charge in [0.05, 0.1) is 13.3 Å². The van der Waals surface area contributed by atoms with Crippen molar-refractivity contribution in [3.05, 3.63) is 58.7 Å². The van der Waals surface area contributed by atoms with E-state index < -0.39 is 0 Å². The van der Waals surface area contributed by atoms with E-state index in [1.807, 2.05) is 24.5 Å². The summed E-state index contributed by atoms with van der Waals surface area (Å²) < 4.78 is 11.4. The zero-order valence-corrected chi connectivity index (χ0v) is 15.8. The Hall–Kier alpha value is -2.47. The third-order valence-corrected chi connectivity index (χ3v) is 4.15. The molecular formula is C19H23N3O2S. The second kappa shape index (κ2) is 9.13. The Morgan fingerprint density at radius 3 is 2.68 bits per heavy atom. The molecule has 132 valence electrons. The van der Waals surface area contributed by atoms with Crippen molar-refractivity contribution < 1.29 is 9.47 Å². The largest absolute Gasteiger partial charge is 0.493 e. The van der Waals surface area contributed by atoms with E-state index >= 15 is 0 Å². The Balaban J connectivity index is 2.12. The smallest absolute Gasteiger partial charge is 0.180 e. The zero-order valence-electron chi connectivity index (χ0n) is 14.9. The van der Waals surface area contributed by atoms with E-state index in [-0.39, 0.29) is 0 Å². The van der Waals surface area contributed by atoms with Gasteiger partial charge in [0.1, 0.15) is 6.61 Å². The number of nitrogens with two attached hydrogens (primary N) is 1. The van der Waals surface area contributed by atoms with Gasteiger partial charge in [-0.3, -0.25) is 0 Å². The van der Waals surface area contributed by atoms with Gasteiger partial charge in [-0.2, -0.15) is 5.10 Å². The lowest BCUT2D eigenvalue weighted by molar-refractivity contribution is 0.284. The molecular weight excluding hydrogens is 334 g/mol. The van der Waals surface area contributed by atoms with E-state index in [1.54, 1.807) is 13.3 Å². The van der Waals surface area contributed by atoms with E-state index in [1.165, 1.54) is 22.9 Å². The van der Waals surface area contributed by atoms with E-state index in [0.29, 0.717) is 23.3 Å². The lowest BCUT2D eigenvalue weighted by atomic mass is 10.1. The fraction of sp³-hybridized carbons (Fsp3) is 0.263. The summed E-state index contributed by atoms with van der Waals surface area (Å²) in [6.07, 6.45) is 3.47. The Kier molecular flexibility index (Phi) is 6.89. The topological polar surface area (TPSA) is 69.2 Å². The maximum atomic E-state index is 5.94. The number of hydrogen-bond donors (Lipinski definition) is 1. The second-order valence-corrected chi connectivity index (χ2v) is 6.34. The van der Waals surface area contributed by atoms with Crippen LogP contribution in [0.1, 0.15) is 22.3 Å². The SMILES string of the molecule is COc1cc(/C=N\N=C(/N)SC)ccc1OCc1cc(C)ccc1C. The Labute approximate surface area is 152 Å². The van der Waals surface area contributed by atoms with E-state index in [2.05, 4.69) is 42.2 Å². The number of ether oxygens (including phenoxy) is 2. The highest BCUT2D eigenvalue weighted by molar-refractivity contribution is 8.13. The molecule has 0 aliphatic rings. The van der Waals surface area contributed by atoms with Crippen LogP contribution in [0.15, 0.2) is 46.6 Å². The average Bonchev–Trinajstić information content (AvgIpc) is 2.62. The molecule has 2 rings (SSSR count). The van der Waals surface area contributed by atoms with Gasteiger partial charge in [0, 0.05) is 0 Å². The van der Waals surface area contributed by atoms with Crippen molar-refractivity contribution in [3.8, 4) is 11.5 Å². The number of methoxy groups -OCH3 is 1. The van der Waals surface area contributed by atoms with Gasteiger partial charge in [0.2, 0.25) is 0 Å². The minimum absolute atomic E-state index is 0.414. The third-order valence-electron chi connectivity index (χ3n) is 3.65. The monoisotopic (exact) mass is 357 g/mol. The van der Waals surface area contributed by atoms with Crippen LogP contribution in [0.5, 0.6) is 11.5 Å². The van der Waals surface area contributed by atoms with Crippen LogP contribution in [0.25, 0.3) is 0 Å². The van der Waals surface area contributed by atoms with Gasteiger partial charge >= 0.3 is 0 Å². The molecule has 0 aromatic heterocycles. The van der Waals surface area contributed by atoms with Crippen molar-refractivity contribution >= 4 is 23.1 Å². The van der Waals surface area contributed by atoms with Gasteiger partial charge in [-0.15, -0.1) is 5.10 Å². The fourth-order valence-corrected chi connectivity index (χ4v) is 2.32. The van der Waals surface area contributed by atoms with Gasteiger partial charge in [-0.25, -0.2) is 0 Å². The van der Waals surface area contributed by atoms with Gasteiger partial charge < -0.3 is 15.2 Å². The summed E-state index contributed by atoms with van der Waals surface area (Å²) in [5.41, 5.74) is 10.0. The molecule has 0 unspecified atom stereocenters. The predicted octanol–water partition coefficient (Wildman–Crippen LogP) is 3.90. The first-order valence-electron chi connectivity index (χ1n) is 7.81. The van der Waals surface area contributed by atoms with Crippen LogP contribution >= 0.6 is 11.8 Å². The molecule has 0 saturated heterocycles. The molecule has 0 amide bonds. The first-order valence-corrected chi connectivity index (χ1v) is 9.03. The number of nitrogens with zero attached hydrogens (tertiary/aromatic N) is 2. The standard InChI is InChI=1S/C19H23N3O2S/c1-13-5-6-14(2)16(9-13)12-24-17-8-7-15(10-18(17)23-3)11-21-22-19(20)25-4/h5-11H,12H2,1-4H3,(H2,20,22)/b21-11-. The predicted molar refractivity (Wildman–Crippen MR) is 106 cm³/mol. The summed E-state index contributed by atoms with van der Waals surface area (Å²) in [6, 6.07) is 12.0. The molecule has 6 heteroatoms. The maximum absolute atomic E-state index is 5.94. The van der Waals surface area contributed by atoms with Crippen LogP contribution in [0.4, 0.5) is 0 Å². The fourth-order valence-electron chi connectivity index (χ4n) is 2.19. The summed E-state index contributed by atoms with van der Waals surface area (Å²) in [5.74, 6) is 1.34. The molecule has 2 N–H and O–H groups in total. The van der Waals surface area contributed by atoms with Crippen molar-refractivity contribution in [1.82, 2.24) is 0 Å². The molecule has 0 spiro atoms. The Morgan fingerprint density at radius 2 is 1.96 bits per heavy atom. The Bertz CT molecular complexity index is 788. The van der Waals surface area contributed by atoms with E-state index in [9.17, 15) is 0 Å². The number of thioether (sulfide) groups is 1. The van der Waals surface area contributed by atoms with Crippen LogP contribution < -0.4 is 15.2 Å². The molecule has 5 nitrogen and oxygen atoms in total. The molecule has 0 aliphatic carbocycles. The van der Waals surface area contributed by atoms with Gasteiger partial charge in [-0.05, 0) is 55.0 Å². The molecule has 0 heterocycles. The van der Waals surface area contributed by atoms with Crippen molar-refractivity contribution in [3.63, 3.8) is 0 Å². The lowest BCUT2D eigenvalue weighted by Gasteiger charge is -2.13. The van der Waals surface area contributed by atoms with Crippen molar-refractivity contribution in [1.29, 1.82) is 0 Å². The van der Waals surface area contributed by atoms with Crippen LogP contribution in [-0.4, -0.2) is 24.7 Å². The maximum Gasteiger partial charge on any atom is 0.180 e. The van der Waals surface area contributed by atoms with Crippen LogP contribution in [-0.2, 0) is 6.61 Å². The first-order chi connectivity index (χ1) is 12.0. The number of benzene rings is 2. The van der Waals surface area contributed by atoms with Gasteiger partial charge in [0.25, 0.3) is 0 Å². The quantitative estimate of drug-likeness (QED) is 0.483. The summed E-state index contributed by atoms with van der Waals surface area (Å²) >= 11 is 1.35.